The summed E-state index contributed by atoms with van der Waals surface area (Å²) in [5.74, 6) is 0.335. The van der Waals surface area contributed by atoms with E-state index in [1.165, 1.54) is 0 Å². The first-order chi connectivity index (χ1) is 5.20. The predicted molar refractivity (Wildman–Crippen MR) is 51.1 cm³/mol. The lowest BCUT2D eigenvalue weighted by Gasteiger charge is -2.38. The number of guanidine groups is 1. The van der Waals surface area contributed by atoms with Crippen molar-refractivity contribution in [2.45, 2.75) is 38.8 Å². The van der Waals surface area contributed by atoms with Crippen LogP contribution >= 0.6 is 0 Å². The molecule has 12 heavy (non-hydrogen) atoms. The maximum atomic E-state index is 9.72. The summed E-state index contributed by atoms with van der Waals surface area (Å²) < 4.78 is 0. The van der Waals surface area contributed by atoms with Gasteiger partial charge in [0.1, 0.15) is 0 Å². The third-order valence-electron chi connectivity index (χ3n) is 2.21. The van der Waals surface area contributed by atoms with E-state index >= 15 is 0 Å². The first-order valence-corrected chi connectivity index (χ1v) is 3.93. The molecule has 0 radical (unpaired) electrons. The highest BCUT2D eigenvalue weighted by Crippen LogP contribution is 2.19. The van der Waals surface area contributed by atoms with Gasteiger partial charge >= 0.3 is 0 Å². The van der Waals surface area contributed by atoms with Crippen LogP contribution in [0.5, 0.6) is 0 Å². The van der Waals surface area contributed by atoms with Crippen molar-refractivity contribution in [1.82, 2.24) is 5.32 Å². The van der Waals surface area contributed by atoms with Gasteiger partial charge in [-0.3, -0.25) is 4.99 Å². The lowest BCUT2D eigenvalue weighted by Crippen LogP contribution is -2.59. The van der Waals surface area contributed by atoms with Gasteiger partial charge in [0.25, 0.3) is 0 Å². The largest absolute Gasteiger partial charge is 0.388 e. The Morgan fingerprint density at radius 3 is 2.00 bits per heavy atom. The molecule has 0 saturated carbocycles. The van der Waals surface area contributed by atoms with E-state index in [4.69, 9.17) is 5.73 Å². The van der Waals surface area contributed by atoms with Crippen molar-refractivity contribution >= 4 is 5.96 Å². The topological polar surface area (TPSA) is 70.6 Å². The Balaban J connectivity index is 4.44. The quantitative estimate of drug-likeness (QED) is 0.409. The summed E-state index contributed by atoms with van der Waals surface area (Å²) in [5, 5.41) is 12.6. The number of nitrogens with one attached hydrogen (secondary N) is 1. The average Bonchev–Trinajstić information content (AvgIpc) is 1.84. The van der Waals surface area contributed by atoms with Gasteiger partial charge in [0, 0.05) is 7.05 Å². The Morgan fingerprint density at radius 2 is 1.75 bits per heavy atom. The minimum Gasteiger partial charge on any atom is -0.388 e. The minimum absolute atomic E-state index is 0.335. The molecule has 0 saturated heterocycles. The van der Waals surface area contributed by atoms with Crippen LogP contribution in [0.15, 0.2) is 4.99 Å². The van der Waals surface area contributed by atoms with E-state index in [1.807, 2.05) is 13.8 Å². The SMILES string of the molecule is CN=C(N)NC(C)(C)C(C)(C)O. The first-order valence-electron chi connectivity index (χ1n) is 3.93. The molecule has 0 bridgehead atoms. The fourth-order valence-corrected chi connectivity index (χ4v) is 0.529. The smallest absolute Gasteiger partial charge is 0.188 e. The standard InChI is InChI=1S/C8H19N3O/c1-7(2,8(3,4)12)11-6(9)10-5/h12H,1-5H3,(H3,9,10,11). The number of aliphatic hydroxyl groups is 1. The molecule has 0 rings (SSSR count). The normalized spacial score (nSPS) is 14.7. The van der Waals surface area contributed by atoms with E-state index in [-0.39, 0.29) is 0 Å². The Labute approximate surface area is 73.9 Å². The summed E-state index contributed by atoms with van der Waals surface area (Å²) >= 11 is 0. The number of aliphatic imine (C=N–C) groups is 1. The van der Waals surface area contributed by atoms with Gasteiger partial charge in [0.2, 0.25) is 0 Å². The van der Waals surface area contributed by atoms with E-state index in [0.29, 0.717) is 5.96 Å². The van der Waals surface area contributed by atoms with Crippen molar-refractivity contribution < 1.29 is 5.11 Å². The molecule has 0 aliphatic rings. The third kappa shape index (κ3) is 2.70. The number of nitrogens with zero attached hydrogens (tertiary/aromatic N) is 1. The van der Waals surface area contributed by atoms with Gasteiger partial charge in [-0.15, -0.1) is 0 Å². The van der Waals surface area contributed by atoms with Crippen LogP contribution in [0.3, 0.4) is 0 Å². The van der Waals surface area contributed by atoms with Gasteiger partial charge in [0.15, 0.2) is 5.96 Å². The highest BCUT2D eigenvalue weighted by Gasteiger charge is 2.35. The molecule has 0 atom stereocenters. The molecule has 0 aromatic carbocycles. The third-order valence-corrected chi connectivity index (χ3v) is 2.21. The van der Waals surface area contributed by atoms with E-state index in [9.17, 15) is 5.11 Å². The Hall–Kier alpha value is -0.770. The zero-order chi connectivity index (χ0) is 9.99. The molecule has 0 amide bonds. The summed E-state index contributed by atoms with van der Waals surface area (Å²) in [7, 11) is 1.60. The highest BCUT2D eigenvalue weighted by atomic mass is 16.3. The van der Waals surface area contributed by atoms with Crippen molar-refractivity contribution in [3.8, 4) is 0 Å². The van der Waals surface area contributed by atoms with Crippen molar-refractivity contribution in [3.05, 3.63) is 0 Å². The van der Waals surface area contributed by atoms with E-state index < -0.39 is 11.1 Å². The number of rotatable bonds is 2. The predicted octanol–water partition coefficient (Wildman–Crippen LogP) is 0.0700. The Kier molecular flexibility index (Phi) is 3.10. The molecule has 4 nitrogen and oxygen atoms in total. The maximum absolute atomic E-state index is 9.72. The van der Waals surface area contributed by atoms with Gasteiger partial charge in [-0.05, 0) is 27.7 Å². The zero-order valence-corrected chi connectivity index (χ0v) is 8.47. The molecule has 4 heteroatoms. The molecule has 0 aromatic heterocycles. The molecule has 0 aromatic rings. The second kappa shape index (κ2) is 3.31. The van der Waals surface area contributed by atoms with E-state index in [0.717, 1.165) is 0 Å². The van der Waals surface area contributed by atoms with Crippen LogP contribution < -0.4 is 11.1 Å². The van der Waals surface area contributed by atoms with Gasteiger partial charge in [0.05, 0.1) is 11.1 Å². The van der Waals surface area contributed by atoms with Gasteiger partial charge in [-0.2, -0.15) is 0 Å². The molecule has 0 spiro atoms. The molecule has 0 unspecified atom stereocenters. The van der Waals surface area contributed by atoms with Crippen LogP contribution in [0.4, 0.5) is 0 Å². The maximum Gasteiger partial charge on any atom is 0.188 e. The Morgan fingerprint density at radius 1 is 1.33 bits per heavy atom. The number of hydrogen-bond donors (Lipinski definition) is 3. The molecule has 0 aliphatic heterocycles. The van der Waals surface area contributed by atoms with Gasteiger partial charge in [-0.1, -0.05) is 0 Å². The number of hydrogen-bond acceptors (Lipinski definition) is 2. The molecule has 0 aliphatic carbocycles. The number of nitrogens with two attached hydrogens (primary N) is 1. The molecule has 0 fully saturated rings. The van der Waals surface area contributed by atoms with Crippen molar-refractivity contribution in [2.24, 2.45) is 10.7 Å². The lowest BCUT2D eigenvalue weighted by molar-refractivity contribution is 0.00451. The summed E-state index contributed by atoms with van der Waals surface area (Å²) in [6, 6.07) is 0. The second-order valence-electron chi connectivity index (χ2n) is 3.92. The highest BCUT2D eigenvalue weighted by molar-refractivity contribution is 5.78. The summed E-state index contributed by atoms with van der Waals surface area (Å²) in [6.07, 6.45) is 0. The molecule has 4 N–H and O–H groups in total. The van der Waals surface area contributed by atoms with Crippen LogP contribution in [0.25, 0.3) is 0 Å². The average molecular weight is 173 g/mol. The lowest BCUT2D eigenvalue weighted by atomic mass is 9.86. The summed E-state index contributed by atoms with van der Waals surface area (Å²) in [6.45, 7) is 7.18. The molecule has 72 valence electrons. The molecular formula is C8H19N3O. The fourth-order valence-electron chi connectivity index (χ4n) is 0.529. The van der Waals surface area contributed by atoms with Gasteiger partial charge < -0.3 is 16.2 Å². The molecular weight excluding hydrogens is 154 g/mol. The Bertz CT molecular complexity index is 179. The van der Waals surface area contributed by atoms with Crippen molar-refractivity contribution in [3.63, 3.8) is 0 Å². The van der Waals surface area contributed by atoms with Crippen LogP contribution in [0.1, 0.15) is 27.7 Å². The van der Waals surface area contributed by atoms with Crippen LogP contribution in [-0.4, -0.2) is 29.3 Å². The van der Waals surface area contributed by atoms with E-state index in [2.05, 4.69) is 10.3 Å². The van der Waals surface area contributed by atoms with Crippen LogP contribution in [0, 0.1) is 0 Å². The van der Waals surface area contributed by atoms with Crippen molar-refractivity contribution in [2.75, 3.05) is 7.05 Å². The zero-order valence-electron chi connectivity index (χ0n) is 8.47. The summed E-state index contributed by atoms with van der Waals surface area (Å²) in [5.41, 5.74) is 4.15. The van der Waals surface area contributed by atoms with Crippen LogP contribution in [-0.2, 0) is 0 Å². The molecule has 0 heterocycles. The van der Waals surface area contributed by atoms with Crippen molar-refractivity contribution in [1.29, 1.82) is 0 Å². The summed E-state index contributed by atoms with van der Waals surface area (Å²) in [4.78, 5) is 3.76. The monoisotopic (exact) mass is 173 g/mol. The first kappa shape index (κ1) is 11.2. The van der Waals surface area contributed by atoms with E-state index in [1.54, 1.807) is 20.9 Å². The van der Waals surface area contributed by atoms with Gasteiger partial charge in [-0.25, -0.2) is 0 Å². The second-order valence-corrected chi connectivity index (χ2v) is 3.92. The van der Waals surface area contributed by atoms with Crippen LogP contribution in [0.2, 0.25) is 0 Å². The fraction of sp³-hybridized carbons (Fsp3) is 0.875. The minimum atomic E-state index is -0.845.